The molecular formula is C32H40ClN3O4S. The fourth-order valence-corrected chi connectivity index (χ4v) is 6.26. The van der Waals surface area contributed by atoms with Gasteiger partial charge in [0.15, 0.2) is 0 Å². The second kappa shape index (κ2) is 14.0. The largest absolute Gasteiger partial charge is 0.354 e. The van der Waals surface area contributed by atoms with Crippen LogP contribution in [0.2, 0.25) is 5.02 Å². The van der Waals surface area contributed by atoms with Gasteiger partial charge in [0.2, 0.25) is 11.8 Å². The third-order valence-corrected chi connectivity index (χ3v) is 9.02. The summed E-state index contributed by atoms with van der Waals surface area (Å²) in [5.74, 6) is -0.572. The van der Waals surface area contributed by atoms with Crippen LogP contribution in [0.1, 0.15) is 49.4 Å². The van der Waals surface area contributed by atoms with E-state index >= 15 is 0 Å². The van der Waals surface area contributed by atoms with Crippen LogP contribution >= 0.6 is 11.6 Å². The van der Waals surface area contributed by atoms with Crippen LogP contribution in [0.3, 0.4) is 0 Å². The van der Waals surface area contributed by atoms with Gasteiger partial charge in [-0.25, -0.2) is 8.42 Å². The van der Waals surface area contributed by atoms with E-state index in [4.69, 9.17) is 11.6 Å². The number of anilines is 1. The number of carbonyl (C=O) groups is 2. The molecule has 1 N–H and O–H groups in total. The van der Waals surface area contributed by atoms with Crippen LogP contribution in [-0.4, -0.2) is 44.3 Å². The molecule has 9 heteroatoms. The summed E-state index contributed by atoms with van der Waals surface area (Å²) in [6, 6.07) is 18.3. The van der Waals surface area contributed by atoms with Crippen molar-refractivity contribution in [1.29, 1.82) is 0 Å². The van der Waals surface area contributed by atoms with Crippen LogP contribution in [0.4, 0.5) is 5.69 Å². The quantitative estimate of drug-likeness (QED) is 0.276. The van der Waals surface area contributed by atoms with E-state index in [9.17, 15) is 18.0 Å². The zero-order chi connectivity index (χ0) is 30.3. The predicted molar refractivity (Wildman–Crippen MR) is 166 cm³/mol. The minimum absolute atomic E-state index is 0.0530. The van der Waals surface area contributed by atoms with Crippen LogP contribution in [0.15, 0.2) is 71.6 Å². The average molecular weight is 598 g/mol. The molecule has 0 saturated carbocycles. The molecule has 0 fully saturated rings. The maximum absolute atomic E-state index is 14.2. The highest BCUT2D eigenvalue weighted by Crippen LogP contribution is 2.29. The van der Waals surface area contributed by atoms with Gasteiger partial charge in [0.1, 0.15) is 12.6 Å². The topological polar surface area (TPSA) is 86.8 Å². The molecule has 0 aliphatic heterocycles. The van der Waals surface area contributed by atoms with Crippen molar-refractivity contribution in [2.24, 2.45) is 5.92 Å². The predicted octanol–water partition coefficient (Wildman–Crippen LogP) is 6.04. The summed E-state index contributed by atoms with van der Waals surface area (Å²) in [7, 11) is -4.13. The number of carbonyl (C=O) groups excluding carboxylic acids is 2. The van der Waals surface area contributed by atoms with Crippen LogP contribution in [0, 0.1) is 26.7 Å². The standard InChI is InChI=1S/C32H40ClN3O4S/c1-7-29(32(38)34-19-22(2)3)35(20-26-10-8-9-11-28(26)33)31(37)21-36(30-17-14-24(5)18-25(30)6)41(39,40)27-15-12-23(4)13-16-27/h8-18,22,29H,7,19-21H2,1-6H3,(H,34,38)/t29-/m1/s1. The molecule has 3 aromatic carbocycles. The Hall–Kier alpha value is -3.36. The van der Waals surface area contributed by atoms with E-state index in [1.807, 2.05) is 59.7 Å². The van der Waals surface area contributed by atoms with E-state index in [0.717, 1.165) is 15.4 Å². The minimum Gasteiger partial charge on any atom is -0.354 e. The first-order chi connectivity index (χ1) is 19.3. The molecule has 41 heavy (non-hydrogen) atoms. The van der Waals surface area contributed by atoms with Crippen molar-refractivity contribution >= 4 is 39.1 Å². The summed E-state index contributed by atoms with van der Waals surface area (Å²) in [5, 5.41) is 3.39. The Bertz CT molecular complexity index is 1470. The molecule has 3 rings (SSSR count). The van der Waals surface area contributed by atoms with Crippen molar-refractivity contribution in [3.05, 3.63) is 94.0 Å². The lowest BCUT2D eigenvalue weighted by Gasteiger charge is -2.34. The maximum atomic E-state index is 14.2. The van der Waals surface area contributed by atoms with Gasteiger partial charge in [0, 0.05) is 18.1 Å². The second-order valence-corrected chi connectivity index (χ2v) is 13.1. The van der Waals surface area contributed by atoms with Gasteiger partial charge < -0.3 is 10.2 Å². The zero-order valence-corrected chi connectivity index (χ0v) is 26.2. The first-order valence-electron chi connectivity index (χ1n) is 13.8. The normalized spacial score (nSPS) is 12.2. The van der Waals surface area contributed by atoms with E-state index in [0.29, 0.717) is 34.8 Å². The summed E-state index contributed by atoms with van der Waals surface area (Å²) < 4.78 is 29.3. The fourth-order valence-electron chi connectivity index (χ4n) is 4.59. The lowest BCUT2D eigenvalue weighted by atomic mass is 10.1. The van der Waals surface area contributed by atoms with Crippen LogP contribution in [0.25, 0.3) is 0 Å². The maximum Gasteiger partial charge on any atom is 0.264 e. The lowest BCUT2D eigenvalue weighted by molar-refractivity contribution is -0.140. The van der Waals surface area contributed by atoms with Crippen LogP contribution < -0.4 is 9.62 Å². The number of nitrogens with one attached hydrogen (secondary N) is 1. The molecule has 0 radical (unpaired) electrons. The van der Waals surface area contributed by atoms with Crippen LogP contribution in [0.5, 0.6) is 0 Å². The van der Waals surface area contributed by atoms with Crippen molar-refractivity contribution in [2.45, 2.75) is 65.4 Å². The molecule has 7 nitrogen and oxygen atoms in total. The monoisotopic (exact) mass is 597 g/mol. The number of rotatable bonds is 12. The zero-order valence-electron chi connectivity index (χ0n) is 24.6. The molecule has 0 aromatic heterocycles. The van der Waals surface area contributed by atoms with Gasteiger partial charge in [-0.3, -0.25) is 13.9 Å². The molecular weight excluding hydrogens is 558 g/mol. The SMILES string of the molecule is CC[C@H](C(=O)NCC(C)C)N(Cc1ccccc1Cl)C(=O)CN(c1ccc(C)cc1C)S(=O)(=O)c1ccc(C)cc1. The van der Waals surface area contributed by atoms with E-state index < -0.39 is 28.5 Å². The smallest absolute Gasteiger partial charge is 0.264 e. The van der Waals surface area contributed by atoms with Crippen molar-refractivity contribution in [3.63, 3.8) is 0 Å². The molecule has 3 aromatic rings. The highest BCUT2D eigenvalue weighted by Gasteiger charge is 2.34. The van der Waals surface area contributed by atoms with Crippen LogP contribution in [-0.2, 0) is 26.2 Å². The molecule has 0 spiro atoms. The number of benzene rings is 3. The highest BCUT2D eigenvalue weighted by atomic mass is 35.5. The summed E-state index contributed by atoms with van der Waals surface area (Å²) in [5.41, 5.74) is 3.67. The Morgan fingerprint density at radius 3 is 2.15 bits per heavy atom. The number of hydrogen-bond acceptors (Lipinski definition) is 4. The summed E-state index contributed by atoms with van der Waals surface area (Å²) in [6.07, 6.45) is 0.342. The number of amides is 2. The van der Waals surface area contributed by atoms with E-state index in [2.05, 4.69) is 5.32 Å². The summed E-state index contributed by atoms with van der Waals surface area (Å²) in [4.78, 5) is 29.0. The molecule has 220 valence electrons. The molecule has 2 amide bonds. The number of hydrogen-bond donors (Lipinski definition) is 1. The highest BCUT2D eigenvalue weighted by molar-refractivity contribution is 7.92. The minimum atomic E-state index is -4.13. The van der Waals surface area contributed by atoms with E-state index in [-0.39, 0.29) is 23.3 Å². The lowest BCUT2D eigenvalue weighted by Crippen LogP contribution is -2.52. The first kappa shape index (κ1) is 32.2. The third kappa shape index (κ3) is 8.11. The van der Waals surface area contributed by atoms with E-state index in [1.165, 1.54) is 4.90 Å². The van der Waals surface area contributed by atoms with Gasteiger partial charge in [-0.1, -0.05) is 86.0 Å². The molecule has 0 bridgehead atoms. The third-order valence-electron chi connectivity index (χ3n) is 6.88. The van der Waals surface area contributed by atoms with Crippen molar-refractivity contribution in [1.82, 2.24) is 10.2 Å². The molecule has 1 atom stereocenters. The Morgan fingerprint density at radius 1 is 0.927 bits per heavy atom. The van der Waals surface area contributed by atoms with Gasteiger partial charge >= 0.3 is 0 Å². The molecule has 0 saturated heterocycles. The van der Waals surface area contributed by atoms with Gasteiger partial charge in [-0.05, 0) is 68.5 Å². The molecule has 0 unspecified atom stereocenters. The molecule has 0 heterocycles. The summed E-state index contributed by atoms with van der Waals surface area (Å²) in [6.45, 7) is 11.5. The number of aryl methyl sites for hydroxylation is 3. The van der Waals surface area contributed by atoms with Crippen molar-refractivity contribution < 1.29 is 18.0 Å². The number of nitrogens with zero attached hydrogens (tertiary/aromatic N) is 2. The number of sulfonamides is 1. The van der Waals surface area contributed by atoms with Gasteiger partial charge in [0.25, 0.3) is 10.0 Å². The second-order valence-electron chi connectivity index (χ2n) is 10.8. The average Bonchev–Trinajstić information content (AvgIpc) is 2.92. The van der Waals surface area contributed by atoms with Gasteiger partial charge in [0.05, 0.1) is 10.6 Å². The molecule has 0 aliphatic rings. The van der Waals surface area contributed by atoms with Gasteiger partial charge in [-0.15, -0.1) is 0 Å². The fraction of sp³-hybridized carbons (Fsp3) is 0.375. The van der Waals surface area contributed by atoms with E-state index in [1.54, 1.807) is 48.5 Å². The summed E-state index contributed by atoms with van der Waals surface area (Å²) >= 11 is 6.46. The first-order valence-corrected chi connectivity index (χ1v) is 15.6. The Balaban J connectivity index is 2.09. The molecule has 0 aliphatic carbocycles. The Kier molecular flexibility index (Phi) is 11.0. The Morgan fingerprint density at radius 2 is 1.56 bits per heavy atom. The Labute approximate surface area is 249 Å². The van der Waals surface area contributed by atoms with Crippen molar-refractivity contribution in [2.75, 3.05) is 17.4 Å². The van der Waals surface area contributed by atoms with Gasteiger partial charge in [-0.2, -0.15) is 0 Å². The number of halogens is 1. The van der Waals surface area contributed by atoms with Crippen molar-refractivity contribution in [3.8, 4) is 0 Å².